The zero-order valence-corrected chi connectivity index (χ0v) is 17.3. The zero-order valence-electron chi connectivity index (χ0n) is 16.5. The Balaban J connectivity index is 1.46. The van der Waals surface area contributed by atoms with Gasteiger partial charge in [-0.25, -0.2) is 0 Å². The third-order valence-corrected chi connectivity index (χ3v) is 5.50. The van der Waals surface area contributed by atoms with E-state index < -0.39 is 0 Å². The quantitative estimate of drug-likeness (QED) is 0.479. The van der Waals surface area contributed by atoms with Gasteiger partial charge in [0.2, 0.25) is 10.9 Å². The van der Waals surface area contributed by atoms with Gasteiger partial charge < -0.3 is 5.32 Å². The van der Waals surface area contributed by atoms with E-state index in [1.54, 1.807) is 10.6 Å². The number of nitrogens with one attached hydrogen (secondary N) is 1. The van der Waals surface area contributed by atoms with E-state index in [-0.39, 0.29) is 5.91 Å². The van der Waals surface area contributed by atoms with Gasteiger partial charge in [-0.1, -0.05) is 61.6 Å². The summed E-state index contributed by atoms with van der Waals surface area (Å²) in [7, 11) is 0. The number of carbonyl (C=O) groups is 1. The van der Waals surface area contributed by atoms with E-state index >= 15 is 0 Å². The second-order valence-corrected chi connectivity index (χ2v) is 8.03. The first-order valence-electron chi connectivity index (χ1n) is 9.38. The Labute approximate surface area is 172 Å². The summed E-state index contributed by atoms with van der Waals surface area (Å²) >= 11 is 1.46. The lowest BCUT2D eigenvalue weighted by Gasteiger charge is -2.05. The molecule has 6 nitrogen and oxygen atoms in total. The molecule has 0 atom stereocenters. The van der Waals surface area contributed by atoms with Gasteiger partial charge in [-0.3, -0.25) is 4.79 Å². The lowest BCUT2D eigenvalue weighted by molar-refractivity contribution is -0.111. The number of fused-ring (bicyclic) bond motifs is 1. The fourth-order valence-corrected chi connectivity index (χ4v) is 3.79. The molecule has 0 unspecified atom stereocenters. The predicted molar refractivity (Wildman–Crippen MR) is 117 cm³/mol. The number of aromatic nitrogens is 4. The molecule has 0 saturated heterocycles. The van der Waals surface area contributed by atoms with Gasteiger partial charge >= 0.3 is 0 Å². The van der Waals surface area contributed by atoms with Crippen molar-refractivity contribution in [2.75, 3.05) is 5.32 Å². The molecule has 1 N–H and O–H groups in total. The van der Waals surface area contributed by atoms with Gasteiger partial charge in [-0.2, -0.15) is 9.61 Å². The summed E-state index contributed by atoms with van der Waals surface area (Å²) in [6, 6.07) is 15.9. The minimum absolute atomic E-state index is 0.177. The number of anilines is 1. The number of benzene rings is 2. The molecule has 0 aliphatic rings. The Morgan fingerprint density at radius 2 is 1.93 bits per heavy atom. The highest BCUT2D eigenvalue weighted by Gasteiger charge is 2.11. The third-order valence-electron chi connectivity index (χ3n) is 4.55. The summed E-state index contributed by atoms with van der Waals surface area (Å²) in [5.41, 5.74) is 3.92. The van der Waals surface area contributed by atoms with Gasteiger partial charge in [-0.05, 0) is 42.2 Å². The standard InChI is InChI=1S/C22H21N5OS/c1-14(2)17-10-7-16(8-11-17)9-12-20(28)23-19-6-4-5-18(13-19)21-26-27-15(3)24-25-22(27)29-21/h4-14H,1-3H3,(H,23,28)/b12-9+. The minimum atomic E-state index is -0.177. The second kappa shape index (κ2) is 7.97. The molecule has 2 aromatic carbocycles. The highest BCUT2D eigenvalue weighted by molar-refractivity contribution is 7.19. The second-order valence-electron chi connectivity index (χ2n) is 7.07. The summed E-state index contributed by atoms with van der Waals surface area (Å²) in [4.78, 5) is 13.1. The van der Waals surface area contributed by atoms with Crippen molar-refractivity contribution < 1.29 is 4.79 Å². The summed E-state index contributed by atoms with van der Waals surface area (Å²) in [6.07, 6.45) is 3.36. The van der Waals surface area contributed by atoms with Crippen LogP contribution in [0, 0.1) is 6.92 Å². The summed E-state index contributed by atoms with van der Waals surface area (Å²) in [6.45, 7) is 6.19. The van der Waals surface area contributed by atoms with Crippen molar-refractivity contribution in [3.05, 3.63) is 71.6 Å². The molecule has 0 aliphatic carbocycles. The minimum Gasteiger partial charge on any atom is -0.322 e. The number of rotatable bonds is 5. The van der Waals surface area contributed by atoms with Crippen molar-refractivity contribution >= 4 is 34.0 Å². The topological polar surface area (TPSA) is 72.2 Å². The monoisotopic (exact) mass is 403 g/mol. The molecule has 0 radical (unpaired) electrons. The number of nitrogens with zero attached hydrogens (tertiary/aromatic N) is 4. The Bertz CT molecular complexity index is 1190. The first kappa shape index (κ1) is 19.0. The van der Waals surface area contributed by atoms with Crippen molar-refractivity contribution in [3.63, 3.8) is 0 Å². The molecule has 4 aromatic rings. The molecule has 4 rings (SSSR count). The fraction of sp³-hybridized carbons (Fsp3) is 0.182. The Morgan fingerprint density at radius 3 is 2.66 bits per heavy atom. The van der Waals surface area contributed by atoms with E-state index in [0.29, 0.717) is 5.92 Å². The molecule has 1 amide bonds. The number of hydrogen-bond acceptors (Lipinski definition) is 5. The first-order chi connectivity index (χ1) is 14.0. The molecular formula is C22H21N5OS. The molecule has 0 bridgehead atoms. The highest BCUT2D eigenvalue weighted by Crippen LogP contribution is 2.27. The van der Waals surface area contributed by atoms with Crippen molar-refractivity contribution in [3.8, 4) is 10.6 Å². The van der Waals surface area contributed by atoms with Crippen LogP contribution in [0.25, 0.3) is 21.6 Å². The highest BCUT2D eigenvalue weighted by atomic mass is 32.1. The summed E-state index contributed by atoms with van der Waals surface area (Å²) < 4.78 is 1.72. The van der Waals surface area contributed by atoms with E-state index in [1.807, 2.05) is 49.4 Å². The molecule has 0 spiro atoms. The lowest BCUT2D eigenvalue weighted by atomic mass is 10.0. The van der Waals surface area contributed by atoms with Crippen LogP contribution in [0.2, 0.25) is 0 Å². The number of amides is 1. The van der Waals surface area contributed by atoms with Crippen LogP contribution in [0.15, 0.2) is 54.6 Å². The van der Waals surface area contributed by atoms with Gasteiger partial charge in [0.05, 0.1) is 0 Å². The van der Waals surface area contributed by atoms with Crippen LogP contribution < -0.4 is 5.32 Å². The number of hydrogen-bond donors (Lipinski definition) is 1. The van der Waals surface area contributed by atoms with Gasteiger partial charge in [0, 0.05) is 17.3 Å². The maximum atomic E-state index is 12.3. The first-order valence-corrected chi connectivity index (χ1v) is 10.2. The zero-order chi connectivity index (χ0) is 20.4. The molecular weight excluding hydrogens is 382 g/mol. The Kier molecular flexibility index (Phi) is 5.22. The van der Waals surface area contributed by atoms with Gasteiger partial charge in [0.25, 0.3) is 0 Å². The van der Waals surface area contributed by atoms with Gasteiger partial charge in [0.1, 0.15) is 5.01 Å². The lowest BCUT2D eigenvalue weighted by Crippen LogP contribution is -2.07. The number of aryl methyl sites for hydroxylation is 1. The molecule has 2 heterocycles. The van der Waals surface area contributed by atoms with Crippen molar-refractivity contribution in [1.82, 2.24) is 19.8 Å². The van der Waals surface area contributed by atoms with Crippen molar-refractivity contribution in [2.24, 2.45) is 0 Å². The maximum absolute atomic E-state index is 12.3. The van der Waals surface area contributed by atoms with E-state index in [9.17, 15) is 4.79 Å². The fourth-order valence-electron chi connectivity index (χ4n) is 2.91. The van der Waals surface area contributed by atoms with Crippen LogP contribution in [0.5, 0.6) is 0 Å². The van der Waals surface area contributed by atoms with Crippen LogP contribution in [0.3, 0.4) is 0 Å². The SMILES string of the molecule is Cc1nnc2sc(-c3cccc(NC(=O)/C=C/c4ccc(C(C)C)cc4)c3)nn12. The smallest absolute Gasteiger partial charge is 0.248 e. The Morgan fingerprint density at radius 1 is 1.14 bits per heavy atom. The van der Waals surface area contributed by atoms with Crippen LogP contribution in [-0.2, 0) is 4.79 Å². The summed E-state index contributed by atoms with van der Waals surface area (Å²) in [5, 5.41) is 16.4. The molecule has 7 heteroatoms. The van der Waals surface area contributed by atoms with E-state index in [2.05, 4.69) is 46.6 Å². The van der Waals surface area contributed by atoms with Gasteiger partial charge in [0.15, 0.2) is 5.82 Å². The largest absolute Gasteiger partial charge is 0.322 e. The predicted octanol–water partition coefficient (Wildman–Crippen LogP) is 4.94. The normalized spacial score (nSPS) is 11.6. The molecule has 0 aliphatic heterocycles. The van der Waals surface area contributed by atoms with Crippen molar-refractivity contribution in [1.29, 1.82) is 0 Å². The molecule has 0 saturated carbocycles. The van der Waals surface area contributed by atoms with E-state index in [1.165, 1.54) is 16.9 Å². The average Bonchev–Trinajstić information content (AvgIpc) is 3.29. The maximum Gasteiger partial charge on any atom is 0.248 e. The Hall–Kier alpha value is -3.32. The molecule has 2 aromatic heterocycles. The van der Waals surface area contributed by atoms with Gasteiger partial charge in [-0.15, -0.1) is 10.2 Å². The number of carbonyl (C=O) groups excluding carboxylic acids is 1. The third kappa shape index (κ3) is 4.25. The van der Waals surface area contributed by atoms with E-state index in [0.717, 1.165) is 32.6 Å². The summed E-state index contributed by atoms with van der Waals surface area (Å²) in [5.74, 6) is 1.06. The van der Waals surface area contributed by atoms with Crippen LogP contribution >= 0.6 is 11.3 Å². The van der Waals surface area contributed by atoms with Crippen molar-refractivity contribution in [2.45, 2.75) is 26.7 Å². The molecule has 0 fully saturated rings. The van der Waals surface area contributed by atoms with E-state index in [4.69, 9.17) is 0 Å². The molecule has 146 valence electrons. The average molecular weight is 404 g/mol. The van der Waals surface area contributed by atoms with Crippen LogP contribution in [0.1, 0.15) is 36.7 Å². The van der Waals surface area contributed by atoms with Crippen LogP contribution in [0.4, 0.5) is 5.69 Å². The van der Waals surface area contributed by atoms with Crippen LogP contribution in [-0.4, -0.2) is 25.7 Å². The molecule has 29 heavy (non-hydrogen) atoms.